The second-order valence-electron chi connectivity index (χ2n) is 11.0. The van der Waals surface area contributed by atoms with Gasteiger partial charge < -0.3 is 30.2 Å². The highest BCUT2D eigenvalue weighted by molar-refractivity contribution is 8.00. The molecule has 0 spiro atoms. The Hall–Kier alpha value is -5.59. The maximum atomic E-state index is 13.7. The van der Waals surface area contributed by atoms with Crippen molar-refractivity contribution >= 4 is 57.7 Å². The highest BCUT2D eigenvalue weighted by atomic mass is 32.2. The van der Waals surface area contributed by atoms with Crippen molar-refractivity contribution in [2.75, 3.05) is 31.5 Å². The molecule has 4 aromatic carbocycles. The molecule has 0 radical (unpaired) electrons. The number of thioether (sulfide) groups is 1. The van der Waals surface area contributed by atoms with Gasteiger partial charge in [-0.3, -0.25) is 14.4 Å². The van der Waals surface area contributed by atoms with Gasteiger partial charge >= 0.3 is 0 Å². The van der Waals surface area contributed by atoms with E-state index in [1.807, 2.05) is 49.6 Å². The number of nitrogens with one attached hydrogen (secondary N) is 3. The molecule has 1 heterocycles. The monoisotopic (exact) mass is 722 g/mol. The lowest BCUT2D eigenvalue weighted by Gasteiger charge is -2.15. The standard InChI is InChI=1S/C39H38N4O6S2/c1-5-35(38(46)43-39-42-33(24-50-39)25-15-18-29(19-16-25)49-6-2)51-31-14-10-13-28(22-31)40-37(45)32(41-36(44)26-11-8-7-9-12-26)21-27-17-20-30(47-3)23-34(27)48-4/h7-24,35H,5-6H2,1-4H3,(H,40,45)(H,41,44)(H,42,43,46)/b32-21+. The first-order chi connectivity index (χ1) is 24.8. The van der Waals surface area contributed by atoms with E-state index >= 15 is 0 Å². The van der Waals surface area contributed by atoms with Gasteiger partial charge in [-0.05, 0) is 86.2 Å². The van der Waals surface area contributed by atoms with Crippen molar-refractivity contribution in [1.29, 1.82) is 0 Å². The maximum absolute atomic E-state index is 13.7. The van der Waals surface area contributed by atoms with Gasteiger partial charge in [-0.25, -0.2) is 4.98 Å². The van der Waals surface area contributed by atoms with E-state index in [0.29, 0.717) is 46.5 Å². The lowest BCUT2D eigenvalue weighted by molar-refractivity contribution is -0.116. The molecule has 1 atom stereocenters. The molecule has 10 nitrogen and oxygen atoms in total. The van der Waals surface area contributed by atoms with Crippen molar-refractivity contribution in [3.8, 4) is 28.5 Å². The van der Waals surface area contributed by atoms with Crippen LogP contribution in [0, 0.1) is 0 Å². The van der Waals surface area contributed by atoms with Crippen LogP contribution in [0.25, 0.3) is 17.3 Å². The Bertz CT molecular complexity index is 2000. The summed E-state index contributed by atoms with van der Waals surface area (Å²) in [5.41, 5.74) is 3.14. The summed E-state index contributed by atoms with van der Waals surface area (Å²) < 4.78 is 16.3. The molecule has 5 aromatic rings. The van der Waals surface area contributed by atoms with E-state index in [4.69, 9.17) is 14.2 Å². The molecule has 0 saturated carbocycles. The predicted octanol–water partition coefficient (Wildman–Crippen LogP) is 8.15. The third kappa shape index (κ3) is 9.99. The number of ether oxygens (including phenoxy) is 3. The molecule has 51 heavy (non-hydrogen) atoms. The van der Waals surface area contributed by atoms with Gasteiger partial charge in [0.2, 0.25) is 5.91 Å². The summed E-state index contributed by atoms with van der Waals surface area (Å²) in [5.74, 6) is 0.663. The van der Waals surface area contributed by atoms with Gasteiger partial charge in [-0.15, -0.1) is 23.1 Å². The Morgan fingerprint density at radius 1 is 0.863 bits per heavy atom. The quantitative estimate of drug-likeness (QED) is 0.0730. The van der Waals surface area contributed by atoms with Crippen molar-refractivity contribution in [1.82, 2.24) is 10.3 Å². The normalized spacial score (nSPS) is 11.6. The van der Waals surface area contributed by atoms with Gasteiger partial charge in [-0.1, -0.05) is 31.2 Å². The van der Waals surface area contributed by atoms with Crippen LogP contribution in [0.5, 0.6) is 17.2 Å². The minimum atomic E-state index is -0.545. The second kappa shape index (κ2) is 17.9. The Balaban J connectivity index is 1.29. The van der Waals surface area contributed by atoms with E-state index in [0.717, 1.165) is 21.9 Å². The fraction of sp³-hybridized carbons (Fsp3) is 0.179. The molecule has 0 bridgehead atoms. The zero-order valence-corrected chi connectivity index (χ0v) is 30.2. The summed E-state index contributed by atoms with van der Waals surface area (Å²) in [5, 5.41) is 10.6. The van der Waals surface area contributed by atoms with Gasteiger partial charge in [0.25, 0.3) is 11.8 Å². The molecule has 0 fully saturated rings. The Morgan fingerprint density at radius 3 is 2.33 bits per heavy atom. The number of amides is 3. The van der Waals surface area contributed by atoms with Gasteiger partial charge in [0.05, 0.1) is 31.8 Å². The SMILES string of the molecule is CCOc1ccc(-c2csc(NC(=O)C(CC)Sc3cccc(NC(=O)/C(=C\c4ccc(OC)cc4OC)NC(=O)c4ccccc4)c3)n2)cc1. The number of hydrogen-bond acceptors (Lipinski definition) is 9. The van der Waals surface area contributed by atoms with Crippen molar-refractivity contribution < 1.29 is 28.6 Å². The summed E-state index contributed by atoms with van der Waals surface area (Å²) >= 11 is 2.74. The first-order valence-electron chi connectivity index (χ1n) is 16.2. The van der Waals surface area contributed by atoms with E-state index in [9.17, 15) is 14.4 Å². The topological polar surface area (TPSA) is 128 Å². The summed E-state index contributed by atoms with van der Waals surface area (Å²) in [7, 11) is 3.06. The molecule has 262 valence electrons. The van der Waals surface area contributed by atoms with E-state index in [1.165, 1.54) is 30.2 Å². The average molecular weight is 723 g/mol. The summed E-state index contributed by atoms with van der Waals surface area (Å²) in [6.07, 6.45) is 2.11. The number of aromatic nitrogens is 1. The molecule has 3 amide bonds. The fourth-order valence-electron chi connectivity index (χ4n) is 4.91. The maximum Gasteiger partial charge on any atom is 0.272 e. The third-order valence-electron chi connectivity index (χ3n) is 7.50. The molecule has 12 heteroatoms. The van der Waals surface area contributed by atoms with E-state index in [-0.39, 0.29) is 11.6 Å². The van der Waals surface area contributed by atoms with Crippen LogP contribution in [0.4, 0.5) is 10.8 Å². The number of anilines is 2. The molecule has 0 aliphatic heterocycles. The van der Waals surface area contributed by atoms with Crippen LogP contribution < -0.4 is 30.2 Å². The average Bonchev–Trinajstić information content (AvgIpc) is 3.62. The lowest BCUT2D eigenvalue weighted by atomic mass is 10.1. The van der Waals surface area contributed by atoms with Crippen molar-refractivity contribution in [3.63, 3.8) is 0 Å². The minimum Gasteiger partial charge on any atom is -0.497 e. The van der Waals surface area contributed by atoms with Crippen LogP contribution in [-0.4, -0.2) is 48.8 Å². The molecule has 1 unspecified atom stereocenters. The van der Waals surface area contributed by atoms with E-state index < -0.39 is 17.1 Å². The van der Waals surface area contributed by atoms with Crippen LogP contribution in [0.2, 0.25) is 0 Å². The largest absolute Gasteiger partial charge is 0.497 e. The molecule has 0 aliphatic rings. The van der Waals surface area contributed by atoms with Crippen LogP contribution in [0.1, 0.15) is 36.2 Å². The number of nitrogens with zero attached hydrogens (tertiary/aromatic N) is 1. The minimum absolute atomic E-state index is 0.00393. The molecule has 0 saturated heterocycles. The van der Waals surface area contributed by atoms with Crippen LogP contribution in [0.3, 0.4) is 0 Å². The van der Waals surface area contributed by atoms with Crippen LogP contribution in [-0.2, 0) is 9.59 Å². The number of rotatable bonds is 15. The number of methoxy groups -OCH3 is 2. The Labute approximate surface area is 305 Å². The van der Waals surface area contributed by atoms with Crippen molar-refractivity contribution in [3.05, 3.63) is 119 Å². The first-order valence-corrected chi connectivity index (χ1v) is 17.9. The number of benzene rings is 4. The molecular formula is C39H38N4O6S2. The number of thiazole rings is 1. The van der Waals surface area contributed by atoms with Gasteiger partial charge in [-0.2, -0.15) is 0 Å². The van der Waals surface area contributed by atoms with Crippen molar-refractivity contribution in [2.24, 2.45) is 0 Å². The van der Waals surface area contributed by atoms with Crippen molar-refractivity contribution in [2.45, 2.75) is 30.4 Å². The first kappa shape index (κ1) is 36.7. The highest BCUT2D eigenvalue weighted by Crippen LogP contribution is 2.31. The molecular weight excluding hydrogens is 685 g/mol. The predicted molar refractivity (Wildman–Crippen MR) is 204 cm³/mol. The van der Waals surface area contributed by atoms with Crippen LogP contribution in [0.15, 0.2) is 113 Å². The van der Waals surface area contributed by atoms with E-state index in [2.05, 4.69) is 20.9 Å². The van der Waals surface area contributed by atoms with Gasteiger partial charge in [0.15, 0.2) is 5.13 Å². The molecule has 0 aliphatic carbocycles. The number of carbonyl (C=O) groups excluding carboxylic acids is 3. The number of hydrogen-bond donors (Lipinski definition) is 3. The summed E-state index contributed by atoms with van der Waals surface area (Å²) in [6.45, 7) is 4.47. The summed E-state index contributed by atoms with van der Waals surface area (Å²) in [4.78, 5) is 45.6. The highest BCUT2D eigenvalue weighted by Gasteiger charge is 2.21. The van der Waals surface area contributed by atoms with Gasteiger partial charge in [0.1, 0.15) is 22.9 Å². The molecule has 1 aromatic heterocycles. The summed E-state index contributed by atoms with van der Waals surface area (Å²) in [6, 6.07) is 28.7. The third-order valence-corrected chi connectivity index (χ3v) is 9.61. The fourth-order valence-corrected chi connectivity index (χ4v) is 6.64. The zero-order chi connectivity index (χ0) is 36.2. The Kier molecular flexibility index (Phi) is 12.9. The second-order valence-corrected chi connectivity index (χ2v) is 13.1. The van der Waals surface area contributed by atoms with E-state index in [1.54, 1.807) is 79.9 Å². The van der Waals surface area contributed by atoms with Gasteiger partial charge in [0, 0.05) is 38.7 Å². The lowest BCUT2D eigenvalue weighted by Crippen LogP contribution is -2.30. The zero-order valence-electron chi connectivity index (χ0n) is 28.6. The smallest absolute Gasteiger partial charge is 0.272 e. The Morgan fingerprint density at radius 2 is 1.63 bits per heavy atom. The molecule has 3 N–H and O–H groups in total. The number of carbonyl (C=O) groups is 3. The van der Waals surface area contributed by atoms with Crippen LogP contribution >= 0.6 is 23.1 Å². The molecule has 5 rings (SSSR count).